The Hall–Kier alpha value is -0.650. The molecule has 2 fully saturated rings. The van der Waals surface area contributed by atoms with Gasteiger partial charge >= 0.3 is 0 Å². The van der Waals surface area contributed by atoms with Crippen molar-refractivity contribution in [2.24, 2.45) is 5.92 Å². The number of aliphatic hydroxyl groups excluding tert-OH is 1. The fourth-order valence-electron chi connectivity index (χ4n) is 3.25. The van der Waals surface area contributed by atoms with Crippen LogP contribution >= 0.6 is 0 Å². The van der Waals surface area contributed by atoms with E-state index in [-0.39, 0.29) is 18.6 Å². The Balaban J connectivity index is 2.08. The highest BCUT2D eigenvalue weighted by atomic mass is 16.3. The molecule has 5 heteroatoms. The first-order chi connectivity index (χ1) is 8.98. The summed E-state index contributed by atoms with van der Waals surface area (Å²) >= 11 is 0. The molecule has 2 unspecified atom stereocenters. The van der Waals surface area contributed by atoms with Crippen molar-refractivity contribution in [2.45, 2.75) is 38.8 Å². The molecule has 1 amide bonds. The quantitative estimate of drug-likeness (QED) is 0.751. The zero-order valence-corrected chi connectivity index (χ0v) is 12.4. The third kappa shape index (κ3) is 2.78. The van der Waals surface area contributed by atoms with Crippen LogP contribution in [0.1, 0.15) is 27.2 Å². The van der Waals surface area contributed by atoms with Gasteiger partial charge in [0.25, 0.3) is 0 Å². The van der Waals surface area contributed by atoms with Crippen LogP contribution in [-0.2, 0) is 4.79 Å². The van der Waals surface area contributed by atoms with Crippen molar-refractivity contribution in [2.75, 3.05) is 39.3 Å². The van der Waals surface area contributed by atoms with Gasteiger partial charge in [-0.3, -0.25) is 9.69 Å². The largest absolute Gasteiger partial charge is 0.394 e. The highest BCUT2D eigenvalue weighted by Gasteiger charge is 2.43. The normalized spacial score (nSPS) is 29.8. The molecular weight excluding hydrogens is 242 g/mol. The predicted molar refractivity (Wildman–Crippen MR) is 74.9 cm³/mol. The maximum absolute atomic E-state index is 12.8. The van der Waals surface area contributed by atoms with Crippen LogP contribution < -0.4 is 5.32 Å². The molecule has 0 aliphatic carbocycles. The molecule has 0 spiro atoms. The number of nitrogens with one attached hydrogen (secondary N) is 1. The summed E-state index contributed by atoms with van der Waals surface area (Å²) in [6.45, 7) is 10.7. The summed E-state index contributed by atoms with van der Waals surface area (Å²) in [6.07, 6.45) is 0.995. The molecule has 2 rings (SSSR count). The van der Waals surface area contributed by atoms with Crippen LogP contribution in [0, 0.1) is 5.92 Å². The molecule has 0 radical (unpaired) electrons. The van der Waals surface area contributed by atoms with Gasteiger partial charge in [0.1, 0.15) is 0 Å². The van der Waals surface area contributed by atoms with Gasteiger partial charge in [-0.2, -0.15) is 0 Å². The van der Waals surface area contributed by atoms with Gasteiger partial charge in [-0.05, 0) is 26.2 Å². The third-order valence-electron chi connectivity index (χ3n) is 4.76. The molecule has 0 bridgehead atoms. The Kier molecular flexibility index (Phi) is 4.48. The van der Waals surface area contributed by atoms with E-state index >= 15 is 0 Å². The van der Waals surface area contributed by atoms with Crippen LogP contribution in [-0.4, -0.2) is 71.7 Å². The molecule has 0 aromatic heterocycles. The van der Waals surface area contributed by atoms with Crippen LogP contribution in [0.5, 0.6) is 0 Å². The first-order valence-electron chi connectivity index (χ1n) is 7.36. The zero-order valence-electron chi connectivity index (χ0n) is 12.4. The Morgan fingerprint density at radius 2 is 1.95 bits per heavy atom. The van der Waals surface area contributed by atoms with Crippen molar-refractivity contribution in [3.05, 3.63) is 0 Å². The Labute approximate surface area is 115 Å². The van der Waals surface area contributed by atoms with Crippen molar-refractivity contribution >= 4 is 5.91 Å². The topological polar surface area (TPSA) is 55.8 Å². The number of amides is 1. The van der Waals surface area contributed by atoms with Crippen molar-refractivity contribution < 1.29 is 9.90 Å². The number of hydrogen-bond donors (Lipinski definition) is 2. The van der Waals surface area contributed by atoms with Crippen LogP contribution in [0.15, 0.2) is 0 Å². The number of hydrogen-bond acceptors (Lipinski definition) is 4. The molecule has 5 nitrogen and oxygen atoms in total. The lowest BCUT2D eigenvalue weighted by atomic mass is 9.98. The average molecular weight is 269 g/mol. The molecular formula is C14H27N3O2. The first kappa shape index (κ1) is 14.8. The smallest absolute Gasteiger partial charge is 0.242 e. The van der Waals surface area contributed by atoms with Crippen molar-refractivity contribution in [3.63, 3.8) is 0 Å². The molecule has 0 aromatic rings. The summed E-state index contributed by atoms with van der Waals surface area (Å²) in [5.74, 6) is 0.561. The number of rotatable bonds is 3. The molecule has 2 aliphatic rings. The summed E-state index contributed by atoms with van der Waals surface area (Å²) in [5.41, 5.74) is -0.473. The number of aliphatic hydroxyl groups is 1. The minimum atomic E-state index is -0.473. The number of piperazine rings is 1. The van der Waals surface area contributed by atoms with Gasteiger partial charge < -0.3 is 15.3 Å². The highest BCUT2D eigenvalue weighted by Crippen LogP contribution is 2.28. The molecule has 2 N–H and O–H groups in total. The Morgan fingerprint density at radius 3 is 2.53 bits per heavy atom. The molecule has 2 heterocycles. The summed E-state index contributed by atoms with van der Waals surface area (Å²) < 4.78 is 0. The third-order valence-corrected chi connectivity index (χ3v) is 4.76. The molecule has 0 saturated carbocycles. The summed E-state index contributed by atoms with van der Waals surface area (Å²) in [4.78, 5) is 17.0. The maximum Gasteiger partial charge on any atom is 0.242 e. The molecule has 2 aliphatic heterocycles. The maximum atomic E-state index is 12.8. The van der Waals surface area contributed by atoms with Gasteiger partial charge in [-0.25, -0.2) is 0 Å². The van der Waals surface area contributed by atoms with Crippen molar-refractivity contribution in [1.29, 1.82) is 0 Å². The van der Waals surface area contributed by atoms with Crippen LogP contribution in [0.3, 0.4) is 0 Å². The number of carbonyl (C=O) groups is 1. The highest BCUT2D eigenvalue weighted by molar-refractivity contribution is 5.86. The lowest BCUT2D eigenvalue weighted by Crippen LogP contribution is -2.61. The Bertz CT molecular complexity index is 327. The van der Waals surface area contributed by atoms with Crippen molar-refractivity contribution in [1.82, 2.24) is 15.1 Å². The molecule has 2 saturated heterocycles. The number of nitrogens with zero attached hydrogens (tertiary/aromatic N) is 2. The molecule has 19 heavy (non-hydrogen) atoms. The van der Waals surface area contributed by atoms with Crippen LogP contribution in [0.4, 0.5) is 0 Å². The second-order valence-electron chi connectivity index (χ2n) is 6.31. The van der Waals surface area contributed by atoms with Crippen LogP contribution in [0.2, 0.25) is 0 Å². The Morgan fingerprint density at radius 1 is 1.32 bits per heavy atom. The van der Waals surface area contributed by atoms with Crippen LogP contribution in [0.25, 0.3) is 0 Å². The molecule has 2 atom stereocenters. The van der Waals surface area contributed by atoms with Gasteiger partial charge in [0.15, 0.2) is 0 Å². The summed E-state index contributed by atoms with van der Waals surface area (Å²) in [6, 6.07) is -0.00492. The van der Waals surface area contributed by atoms with Gasteiger partial charge in [-0.15, -0.1) is 0 Å². The van der Waals surface area contributed by atoms with Gasteiger partial charge in [-0.1, -0.05) is 6.92 Å². The second-order valence-corrected chi connectivity index (χ2v) is 6.31. The minimum absolute atomic E-state index is 0.00492. The van der Waals surface area contributed by atoms with E-state index < -0.39 is 5.54 Å². The van der Waals surface area contributed by atoms with E-state index in [1.165, 1.54) is 0 Å². The SMILES string of the molecule is CC1CCN(C(=O)C(C)(C)N2CCNCC2)C1CO. The average Bonchev–Trinajstić information content (AvgIpc) is 2.79. The number of carbonyl (C=O) groups excluding carboxylic acids is 1. The zero-order chi connectivity index (χ0) is 14.0. The van der Waals surface area contributed by atoms with E-state index in [4.69, 9.17) is 0 Å². The van der Waals surface area contributed by atoms with Gasteiger partial charge in [0.05, 0.1) is 18.2 Å². The van der Waals surface area contributed by atoms with E-state index in [9.17, 15) is 9.90 Å². The fourth-order valence-corrected chi connectivity index (χ4v) is 3.25. The van der Waals surface area contributed by atoms with E-state index in [1.54, 1.807) is 0 Å². The monoisotopic (exact) mass is 269 g/mol. The van der Waals surface area contributed by atoms with Gasteiger partial charge in [0, 0.05) is 32.7 Å². The number of likely N-dealkylation sites (tertiary alicyclic amines) is 1. The second kappa shape index (κ2) is 5.77. The lowest BCUT2D eigenvalue weighted by molar-refractivity contribution is -0.145. The fraction of sp³-hybridized carbons (Fsp3) is 0.929. The van der Waals surface area contributed by atoms with E-state index in [0.29, 0.717) is 5.92 Å². The molecule has 0 aromatic carbocycles. The first-order valence-corrected chi connectivity index (χ1v) is 7.36. The van der Waals surface area contributed by atoms with E-state index in [0.717, 1.165) is 39.1 Å². The predicted octanol–water partition coefficient (Wildman–Crippen LogP) is -0.100. The van der Waals surface area contributed by atoms with E-state index in [1.807, 2.05) is 18.7 Å². The lowest BCUT2D eigenvalue weighted by Gasteiger charge is -2.43. The van der Waals surface area contributed by atoms with E-state index in [2.05, 4.69) is 17.1 Å². The summed E-state index contributed by atoms with van der Waals surface area (Å²) in [7, 11) is 0. The summed E-state index contributed by atoms with van der Waals surface area (Å²) in [5, 5.41) is 12.8. The van der Waals surface area contributed by atoms with Crippen molar-refractivity contribution in [3.8, 4) is 0 Å². The minimum Gasteiger partial charge on any atom is -0.394 e. The standard InChI is InChI=1S/C14H27N3O2/c1-11-4-7-17(12(11)10-18)13(19)14(2,3)16-8-5-15-6-9-16/h11-12,15,18H,4-10H2,1-3H3. The van der Waals surface area contributed by atoms with Gasteiger partial charge in [0.2, 0.25) is 5.91 Å². The molecule has 110 valence electrons.